The first-order valence-electron chi connectivity index (χ1n) is 9.68. The Morgan fingerprint density at radius 3 is 2.48 bits per heavy atom. The third kappa shape index (κ3) is 4.02. The number of carbonyl (C=O) groups excluding carboxylic acids is 1. The molecule has 4 heterocycles. The van der Waals surface area contributed by atoms with Crippen LogP contribution in [0.2, 0.25) is 0 Å². The van der Waals surface area contributed by atoms with Crippen molar-refractivity contribution in [2.75, 3.05) is 32.7 Å². The molecule has 152 valence electrons. The highest BCUT2D eigenvalue weighted by Gasteiger charge is 2.25. The summed E-state index contributed by atoms with van der Waals surface area (Å²) >= 11 is 0. The van der Waals surface area contributed by atoms with E-state index in [1.807, 2.05) is 26.8 Å². The molecule has 1 amide bonds. The van der Waals surface area contributed by atoms with E-state index < -0.39 is 0 Å². The van der Waals surface area contributed by atoms with Crippen LogP contribution in [0.3, 0.4) is 0 Å². The smallest absolute Gasteiger partial charge is 0.293 e. The fourth-order valence-corrected chi connectivity index (χ4v) is 3.52. The Morgan fingerprint density at radius 2 is 1.72 bits per heavy atom. The summed E-state index contributed by atoms with van der Waals surface area (Å²) in [7, 11) is 0. The molecule has 0 spiro atoms. The molecule has 0 radical (unpaired) electrons. The van der Waals surface area contributed by atoms with Gasteiger partial charge < -0.3 is 4.90 Å². The lowest BCUT2D eigenvalue weighted by Gasteiger charge is -2.34. The number of nitrogens with zero attached hydrogens (tertiary/aromatic N) is 8. The highest BCUT2D eigenvalue weighted by Crippen LogP contribution is 2.09. The van der Waals surface area contributed by atoms with E-state index in [1.165, 1.54) is 4.68 Å². The van der Waals surface area contributed by atoms with Gasteiger partial charge in [-0.25, -0.2) is 14.2 Å². The van der Waals surface area contributed by atoms with Crippen LogP contribution in [0.1, 0.15) is 27.7 Å². The third-order valence-electron chi connectivity index (χ3n) is 5.10. The van der Waals surface area contributed by atoms with Gasteiger partial charge in [0.2, 0.25) is 5.82 Å². The SMILES string of the molecule is Cc1cc(C)n2nc(C(=O)N3CCN(CCn4nc(C)ccc4=O)CC3)nc2n1. The van der Waals surface area contributed by atoms with Crippen molar-refractivity contribution in [1.29, 1.82) is 0 Å². The number of piperazine rings is 1. The van der Waals surface area contributed by atoms with Crippen LogP contribution in [0.4, 0.5) is 0 Å². The molecule has 0 aromatic carbocycles. The molecule has 1 saturated heterocycles. The summed E-state index contributed by atoms with van der Waals surface area (Å²) in [6, 6.07) is 5.16. The zero-order valence-electron chi connectivity index (χ0n) is 16.9. The topological polar surface area (TPSA) is 102 Å². The van der Waals surface area contributed by atoms with Crippen molar-refractivity contribution in [3.05, 3.63) is 51.5 Å². The second-order valence-corrected chi connectivity index (χ2v) is 7.36. The monoisotopic (exact) mass is 396 g/mol. The van der Waals surface area contributed by atoms with E-state index in [4.69, 9.17) is 0 Å². The quantitative estimate of drug-likeness (QED) is 0.615. The zero-order chi connectivity index (χ0) is 20.5. The van der Waals surface area contributed by atoms with Gasteiger partial charge in [0.05, 0.1) is 12.2 Å². The van der Waals surface area contributed by atoms with Crippen LogP contribution in [0, 0.1) is 20.8 Å². The Labute approximate surface area is 167 Å². The summed E-state index contributed by atoms with van der Waals surface area (Å²) in [5.74, 6) is 0.444. The summed E-state index contributed by atoms with van der Waals surface area (Å²) in [6.07, 6.45) is 0. The molecule has 0 unspecified atom stereocenters. The van der Waals surface area contributed by atoms with Crippen molar-refractivity contribution >= 4 is 11.7 Å². The number of fused-ring (bicyclic) bond motifs is 1. The minimum Gasteiger partial charge on any atom is -0.333 e. The van der Waals surface area contributed by atoms with Gasteiger partial charge in [-0.1, -0.05) is 0 Å². The fraction of sp³-hybridized carbons (Fsp3) is 0.474. The Balaban J connectivity index is 1.37. The number of carbonyl (C=O) groups is 1. The number of rotatable bonds is 4. The summed E-state index contributed by atoms with van der Waals surface area (Å²) in [6.45, 7) is 9.57. The molecule has 0 N–H and O–H groups in total. The Bertz CT molecular complexity index is 1110. The first kappa shape index (κ1) is 19.2. The molecule has 29 heavy (non-hydrogen) atoms. The van der Waals surface area contributed by atoms with Gasteiger partial charge in [0, 0.05) is 50.2 Å². The minimum atomic E-state index is -0.177. The maximum absolute atomic E-state index is 12.8. The number of amides is 1. The lowest BCUT2D eigenvalue weighted by Crippen LogP contribution is -2.49. The molecule has 0 aliphatic carbocycles. The van der Waals surface area contributed by atoms with Crippen molar-refractivity contribution in [1.82, 2.24) is 39.2 Å². The Morgan fingerprint density at radius 1 is 0.966 bits per heavy atom. The van der Waals surface area contributed by atoms with Crippen molar-refractivity contribution in [2.24, 2.45) is 0 Å². The van der Waals surface area contributed by atoms with Crippen LogP contribution >= 0.6 is 0 Å². The Hall–Kier alpha value is -3.14. The van der Waals surface area contributed by atoms with Crippen molar-refractivity contribution in [3.63, 3.8) is 0 Å². The molecule has 0 bridgehead atoms. The highest BCUT2D eigenvalue weighted by atomic mass is 16.2. The van der Waals surface area contributed by atoms with E-state index in [1.54, 1.807) is 21.5 Å². The van der Waals surface area contributed by atoms with Crippen molar-refractivity contribution < 1.29 is 4.79 Å². The summed E-state index contributed by atoms with van der Waals surface area (Å²) in [5.41, 5.74) is 2.46. The van der Waals surface area contributed by atoms with E-state index >= 15 is 0 Å². The molecule has 10 nitrogen and oxygen atoms in total. The number of aryl methyl sites for hydroxylation is 3. The molecule has 1 fully saturated rings. The second-order valence-electron chi connectivity index (χ2n) is 7.36. The minimum absolute atomic E-state index is 0.0959. The predicted octanol–water partition coefficient (Wildman–Crippen LogP) is 0.0643. The highest BCUT2D eigenvalue weighted by molar-refractivity contribution is 5.91. The largest absolute Gasteiger partial charge is 0.333 e. The molecule has 10 heteroatoms. The van der Waals surface area contributed by atoms with Gasteiger partial charge in [0.15, 0.2) is 0 Å². The summed E-state index contributed by atoms with van der Waals surface area (Å²) in [4.78, 5) is 37.3. The first-order chi connectivity index (χ1) is 13.9. The molecule has 1 aliphatic rings. The van der Waals surface area contributed by atoms with Crippen LogP contribution < -0.4 is 5.56 Å². The lowest BCUT2D eigenvalue weighted by molar-refractivity contribution is 0.0619. The average Bonchev–Trinajstić information content (AvgIpc) is 3.13. The normalized spacial score (nSPS) is 15.2. The average molecular weight is 396 g/mol. The van der Waals surface area contributed by atoms with Gasteiger partial charge in [0.25, 0.3) is 17.2 Å². The molecule has 1 aliphatic heterocycles. The van der Waals surface area contributed by atoms with Gasteiger partial charge in [0.1, 0.15) is 0 Å². The zero-order valence-corrected chi connectivity index (χ0v) is 16.9. The standard InChI is InChI=1S/C19H24N8O2/c1-13-4-5-16(28)26(22-13)11-8-24-6-9-25(10-7-24)18(29)17-21-19-20-14(2)12-15(3)27(19)23-17/h4-5,12H,6-11H2,1-3H3. The maximum atomic E-state index is 12.8. The van der Waals surface area contributed by atoms with Gasteiger partial charge in [-0.05, 0) is 32.9 Å². The maximum Gasteiger partial charge on any atom is 0.293 e. The fourth-order valence-electron chi connectivity index (χ4n) is 3.52. The van der Waals surface area contributed by atoms with Crippen molar-refractivity contribution in [3.8, 4) is 0 Å². The third-order valence-corrected chi connectivity index (χ3v) is 5.10. The molecule has 0 atom stereocenters. The van der Waals surface area contributed by atoms with Crippen molar-refractivity contribution in [2.45, 2.75) is 27.3 Å². The van der Waals surface area contributed by atoms with Crippen LogP contribution in [0.25, 0.3) is 5.78 Å². The molecular formula is C19H24N8O2. The van der Waals surface area contributed by atoms with Gasteiger partial charge >= 0.3 is 0 Å². The predicted molar refractivity (Wildman–Crippen MR) is 106 cm³/mol. The van der Waals surface area contributed by atoms with E-state index in [9.17, 15) is 9.59 Å². The van der Waals surface area contributed by atoms with Crippen LogP contribution in [-0.2, 0) is 6.54 Å². The van der Waals surface area contributed by atoms with E-state index in [-0.39, 0.29) is 17.3 Å². The van der Waals surface area contributed by atoms with Crippen LogP contribution in [0.15, 0.2) is 23.0 Å². The Kier molecular flexibility index (Phi) is 5.10. The summed E-state index contributed by atoms with van der Waals surface area (Å²) in [5, 5.41) is 8.60. The summed E-state index contributed by atoms with van der Waals surface area (Å²) < 4.78 is 3.09. The number of aromatic nitrogens is 6. The molecule has 0 saturated carbocycles. The van der Waals surface area contributed by atoms with Crippen LogP contribution in [0.5, 0.6) is 0 Å². The molecule has 3 aromatic heterocycles. The van der Waals surface area contributed by atoms with E-state index in [0.29, 0.717) is 32.0 Å². The molecule has 3 aromatic rings. The number of hydrogen-bond donors (Lipinski definition) is 0. The molecular weight excluding hydrogens is 372 g/mol. The second kappa shape index (κ2) is 7.70. The van der Waals surface area contributed by atoms with Crippen LogP contribution in [-0.4, -0.2) is 77.8 Å². The van der Waals surface area contributed by atoms with E-state index in [0.717, 1.165) is 30.2 Å². The number of hydrogen-bond acceptors (Lipinski definition) is 7. The van der Waals surface area contributed by atoms with Gasteiger partial charge in [-0.3, -0.25) is 14.5 Å². The molecule has 4 rings (SSSR count). The van der Waals surface area contributed by atoms with Gasteiger partial charge in [-0.2, -0.15) is 10.1 Å². The first-order valence-corrected chi connectivity index (χ1v) is 9.68. The van der Waals surface area contributed by atoms with Gasteiger partial charge in [-0.15, -0.1) is 5.10 Å². The van der Waals surface area contributed by atoms with E-state index in [2.05, 4.69) is 25.1 Å². The lowest BCUT2D eigenvalue weighted by atomic mass is 10.3.